The molecule has 0 saturated heterocycles. The number of nitrogens with one attached hydrogen (secondary N) is 1. The number of carbonyl (C=O) groups is 2. The van der Waals surface area contributed by atoms with Gasteiger partial charge in [-0.25, -0.2) is 9.89 Å². The Kier molecular flexibility index (Phi) is 6.57. The number of halogens is 1. The van der Waals surface area contributed by atoms with E-state index in [4.69, 9.17) is 21.3 Å². The van der Waals surface area contributed by atoms with Crippen molar-refractivity contribution in [3.05, 3.63) is 88.9 Å². The number of rotatable bonds is 6. The molecule has 1 N–H and O–H groups in total. The summed E-state index contributed by atoms with van der Waals surface area (Å²) in [6, 6.07) is 21.9. The van der Waals surface area contributed by atoms with Gasteiger partial charge in [0.05, 0.1) is 23.6 Å². The Morgan fingerprint density at radius 2 is 1.89 bits per heavy atom. The summed E-state index contributed by atoms with van der Waals surface area (Å²) < 4.78 is 5.14. The lowest BCUT2D eigenvalue weighted by molar-refractivity contribution is -0.124. The Labute approximate surface area is 211 Å². The van der Waals surface area contributed by atoms with Gasteiger partial charge in [0, 0.05) is 17.7 Å². The maximum atomic E-state index is 13.4. The molecule has 0 unspecified atom stereocenters. The zero-order valence-corrected chi connectivity index (χ0v) is 20.3. The number of benzene rings is 3. The van der Waals surface area contributed by atoms with E-state index < -0.39 is 6.04 Å². The predicted octanol–water partition coefficient (Wildman–Crippen LogP) is 4.92. The number of hydrogen-bond donors (Lipinski definition) is 1. The van der Waals surface area contributed by atoms with Gasteiger partial charge < -0.3 is 10.1 Å². The van der Waals surface area contributed by atoms with Crippen LogP contribution in [0, 0.1) is 0 Å². The van der Waals surface area contributed by atoms with E-state index >= 15 is 0 Å². The van der Waals surface area contributed by atoms with Gasteiger partial charge in [0.25, 0.3) is 5.91 Å². The monoisotopic (exact) mass is 504 g/mol. The number of thioether (sulfide) groups is 1. The van der Waals surface area contributed by atoms with Crippen LogP contribution >= 0.6 is 23.4 Å². The molecule has 3 aromatic carbocycles. The summed E-state index contributed by atoms with van der Waals surface area (Å²) in [5.41, 5.74) is 3.12. The van der Waals surface area contributed by atoms with Crippen molar-refractivity contribution in [1.82, 2.24) is 4.90 Å². The van der Waals surface area contributed by atoms with Crippen molar-refractivity contribution in [2.75, 3.05) is 18.2 Å². The first kappa shape index (κ1) is 23.1. The number of anilines is 1. The average Bonchev–Trinajstić information content (AvgIpc) is 3.19. The first-order valence-electron chi connectivity index (χ1n) is 10.9. The van der Waals surface area contributed by atoms with Gasteiger partial charge in [0.15, 0.2) is 5.17 Å². The molecule has 0 saturated carbocycles. The quantitative estimate of drug-likeness (QED) is 0.516. The van der Waals surface area contributed by atoms with Crippen molar-refractivity contribution in [2.24, 2.45) is 9.98 Å². The Morgan fingerprint density at radius 3 is 2.66 bits per heavy atom. The number of aliphatic imine (C=N–C) groups is 2. The third-order valence-corrected chi connectivity index (χ3v) is 6.82. The van der Waals surface area contributed by atoms with Gasteiger partial charge in [-0.3, -0.25) is 14.6 Å². The van der Waals surface area contributed by atoms with Gasteiger partial charge >= 0.3 is 0 Å². The maximum absolute atomic E-state index is 13.4. The lowest BCUT2D eigenvalue weighted by atomic mass is 10.1. The molecular formula is C26H21ClN4O3S. The third-order valence-electron chi connectivity index (χ3n) is 5.59. The van der Waals surface area contributed by atoms with Crippen molar-refractivity contribution in [2.45, 2.75) is 12.5 Å². The Bertz CT molecular complexity index is 1360. The molecule has 0 aromatic heterocycles. The van der Waals surface area contributed by atoms with E-state index in [1.165, 1.54) is 23.8 Å². The second-order valence-corrected chi connectivity index (χ2v) is 9.28. The van der Waals surface area contributed by atoms with E-state index in [0.717, 1.165) is 16.8 Å². The zero-order chi connectivity index (χ0) is 24.4. The van der Waals surface area contributed by atoms with Gasteiger partial charge in [-0.2, -0.15) is 0 Å². The standard InChI is InChI=1S/C26H21ClN4O3S/c1-34-22-12-11-17(14-19(22)27)28-23(32)15-35-26-30-20-10-6-5-9-18(20)24-29-21(25(33)31(24)26)13-16-7-3-2-4-8-16/h2-12,14,21H,13,15H2,1H3,(H,28,32)/t21-/m0/s1. The molecule has 2 aliphatic rings. The molecule has 176 valence electrons. The van der Waals surface area contributed by atoms with Crippen LogP contribution in [0.3, 0.4) is 0 Å². The van der Waals surface area contributed by atoms with Crippen LogP contribution in [0.5, 0.6) is 5.75 Å². The van der Waals surface area contributed by atoms with Crippen molar-refractivity contribution in [3.63, 3.8) is 0 Å². The van der Waals surface area contributed by atoms with Crippen molar-refractivity contribution >= 4 is 57.6 Å². The van der Waals surface area contributed by atoms with E-state index in [1.54, 1.807) is 18.2 Å². The summed E-state index contributed by atoms with van der Waals surface area (Å²) in [4.78, 5) is 37.0. The van der Waals surface area contributed by atoms with Gasteiger partial charge in [-0.1, -0.05) is 65.8 Å². The number of para-hydroxylation sites is 1. The minimum absolute atomic E-state index is 0.0606. The Balaban J connectivity index is 1.34. The van der Waals surface area contributed by atoms with Crippen LogP contribution in [-0.2, 0) is 16.0 Å². The average molecular weight is 505 g/mol. The summed E-state index contributed by atoms with van der Waals surface area (Å²) in [6.45, 7) is 0. The number of fused-ring (bicyclic) bond motifs is 3. The molecule has 5 rings (SSSR count). The first-order chi connectivity index (χ1) is 17.0. The second kappa shape index (κ2) is 9.93. The van der Waals surface area contributed by atoms with E-state index in [1.807, 2.05) is 54.6 Å². The van der Waals surface area contributed by atoms with Crippen LogP contribution in [0.15, 0.2) is 82.8 Å². The zero-order valence-electron chi connectivity index (χ0n) is 18.8. The van der Waals surface area contributed by atoms with Crippen molar-refractivity contribution < 1.29 is 14.3 Å². The molecule has 1 atom stereocenters. The topological polar surface area (TPSA) is 83.4 Å². The maximum Gasteiger partial charge on any atom is 0.259 e. The lowest BCUT2D eigenvalue weighted by Gasteiger charge is -2.25. The highest BCUT2D eigenvalue weighted by Crippen LogP contribution is 2.34. The molecule has 0 fully saturated rings. The van der Waals surface area contributed by atoms with Gasteiger partial charge in [-0.05, 0) is 35.9 Å². The number of amidine groups is 2. The number of ether oxygens (including phenoxy) is 1. The molecule has 0 bridgehead atoms. The molecule has 0 aliphatic carbocycles. The minimum Gasteiger partial charge on any atom is -0.495 e. The van der Waals surface area contributed by atoms with Crippen LogP contribution in [0.2, 0.25) is 5.02 Å². The molecule has 2 aliphatic heterocycles. The number of methoxy groups -OCH3 is 1. The van der Waals surface area contributed by atoms with E-state index in [9.17, 15) is 9.59 Å². The summed E-state index contributed by atoms with van der Waals surface area (Å²) in [5.74, 6) is 0.770. The van der Waals surface area contributed by atoms with Crippen molar-refractivity contribution in [1.29, 1.82) is 0 Å². The van der Waals surface area contributed by atoms with E-state index in [-0.39, 0.29) is 17.6 Å². The molecule has 2 amide bonds. The molecule has 7 nitrogen and oxygen atoms in total. The highest BCUT2D eigenvalue weighted by atomic mass is 35.5. The molecule has 35 heavy (non-hydrogen) atoms. The molecule has 9 heteroatoms. The van der Waals surface area contributed by atoms with Crippen LogP contribution in [0.25, 0.3) is 0 Å². The second-order valence-electron chi connectivity index (χ2n) is 7.93. The summed E-state index contributed by atoms with van der Waals surface area (Å²) in [6.07, 6.45) is 0.499. The summed E-state index contributed by atoms with van der Waals surface area (Å²) >= 11 is 7.34. The van der Waals surface area contributed by atoms with Crippen LogP contribution < -0.4 is 10.1 Å². The minimum atomic E-state index is -0.542. The van der Waals surface area contributed by atoms with Crippen LogP contribution in [0.4, 0.5) is 11.4 Å². The van der Waals surface area contributed by atoms with Crippen molar-refractivity contribution in [3.8, 4) is 5.75 Å². The molecular weight excluding hydrogens is 484 g/mol. The Morgan fingerprint density at radius 1 is 1.11 bits per heavy atom. The molecule has 3 aromatic rings. The Hall–Kier alpha value is -3.62. The number of hydrogen-bond acceptors (Lipinski definition) is 6. The summed E-state index contributed by atoms with van der Waals surface area (Å²) in [7, 11) is 1.53. The number of carbonyl (C=O) groups excluding carboxylic acids is 2. The smallest absolute Gasteiger partial charge is 0.259 e. The van der Waals surface area contributed by atoms with Crippen LogP contribution in [-0.4, -0.2) is 46.6 Å². The number of nitrogens with zero attached hydrogens (tertiary/aromatic N) is 3. The molecule has 0 spiro atoms. The fourth-order valence-corrected chi connectivity index (χ4v) is 5.00. The van der Waals surface area contributed by atoms with Gasteiger partial charge in [0.2, 0.25) is 5.91 Å². The highest BCUT2D eigenvalue weighted by Gasteiger charge is 2.41. The molecule has 2 heterocycles. The fraction of sp³-hybridized carbons (Fsp3) is 0.154. The van der Waals surface area contributed by atoms with Gasteiger partial charge in [-0.15, -0.1) is 0 Å². The third kappa shape index (κ3) is 4.80. The summed E-state index contributed by atoms with van der Waals surface area (Å²) in [5, 5.41) is 3.65. The SMILES string of the molecule is COc1ccc(NC(=O)CSC2=Nc3ccccc3C3=N[C@@H](Cc4ccccc4)C(=O)N23)cc1Cl. The lowest BCUT2D eigenvalue weighted by Crippen LogP contribution is -2.41. The number of amides is 2. The van der Waals surface area contributed by atoms with Crippen LogP contribution in [0.1, 0.15) is 11.1 Å². The molecule has 0 radical (unpaired) electrons. The van der Waals surface area contributed by atoms with Gasteiger partial charge in [0.1, 0.15) is 17.6 Å². The highest BCUT2D eigenvalue weighted by molar-refractivity contribution is 8.14. The van der Waals surface area contributed by atoms with E-state index in [2.05, 4.69) is 10.3 Å². The fourth-order valence-electron chi connectivity index (χ4n) is 3.94. The largest absolute Gasteiger partial charge is 0.495 e. The normalized spacial score (nSPS) is 16.2. The van der Waals surface area contributed by atoms with E-state index in [0.29, 0.717) is 33.9 Å². The first-order valence-corrected chi connectivity index (χ1v) is 12.3. The predicted molar refractivity (Wildman–Crippen MR) is 140 cm³/mol.